The van der Waals surface area contributed by atoms with Crippen LogP contribution in [0.2, 0.25) is 0 Å². The Labute approximate surface area is 260 Å². The number of halogens is 3. The van der Waals surface area contributed by atoms with Crippen LogP contribution < -0.4 is 19.5 Å². The number of pyridine rings is 1. The summed E-state index contributed by atoms with van der Waals surface area (Å²) in [6.45, 7) is 0.281. The van der Waals surface area contributed by atoms with Gasteiger partial charge in [-0.2, -0.15) is 0 Å². The molecule has 0 bridgehead atoms. The molecular formula is C27H20B6F3N3O5. The fourth-order valence-corrected chi connectivity index (χ4v) is 4.70. The summed E-state index contributed by atoms with van der Waals surface area (Å²) < 4.78 is 53.3. The van der Waals surface area contributed by atoms with Crippen molar-refractivity contribution in [2.75, 3.05) is 13.1 Å². The molecule has 17 heteroatoms. The fourth-order valence-electron chi connectivity index (χ4n) is 4.70. The summed E-state index contributed by atoms with van der Waals surface area (Å²) >= 11 is 0. The average Bonchev–Trinajstić information content (AvgIpc) is 2.92. The first kappa shape index (κ1) is 33.0. The lowest BCUT2D eigenvalue weighted by Crippen LogP contribution is -2.51. The highest BCUT2D eigenvalue weighted by Gasteiger charge is 2.36. The molecule has 1 N–H and O–H groups in total. The van der Waals surface area contributed by atoms with Crippen LogP contribution in [0.4, 0.5) is 13.2 Å². The Morgan fingerprint density at radius 1 is 0.864 bits per heavy atom. The number of amides is 2. The number of nitrogens with one attached hydrogen (secondary N) is 1. The maximum Gasteiger partial charge on any atom is 0.573 e. The van der Waals surface area contributed by atoms with Crippen molar-refractivity contribution in [1.29, 1.82) is 0 Å². The van der Waals surface area contributed by atoms with Gasteiger partial charge in [-0.15, -0.1) is 13.2 Å². The molecule has 212 valence electrons. The zero-order valence-corrected chi connectivity index (χ0v) is 23.2. The smallest absolute Gasteiger partial charge is 0.511 e. The Bertz CT molecular complexity index is 1490. The van der Waals surface area contributed by atoms with Gasteiger partial charge in [0, 0.05) is 31.2 Å². The van der Waals surface area contributed by atoms with E-state index in [4.69, 9.17) is 56.6 Å². The fraction of sp³-hybridized carbons (Fsp3) is 0.296. The maximum atomic E-state index is 13.6. The summed E-state index contributed by atoms with van der Waals surface area (Å²) in [7, 11) is 33.1. The third-order valence-corrected chi connectivity index (χ3v) is 6.43. The molecule has 2 aromatic carbocycles. The van der Waals surface area contributed by atoms with Gasteiger partial charge in [-0.25, -0.2) is 4.98 Å². The van der Waals surface area contributed by atoms with Crippen molar-refractivity contribution < 1.29 is 37.0 Å². The van der Waals surface area contributed by atoms with E-state index in [9.17, 15) is 22.8 Å². The number of aromatic nitrogens is 1. The van der Waals surface area contributed by atoms with Crippen molar-refractivity contribution in [3.05, 3.63) is 83.6 Å². The van der Waals surface area contributed by atoms with E-state index < -0.39 is 46.5 Å². The molecule has 0 saturated carbocycles. The molecule has 2 heterocycles. The van der Waals surface area contributed by atoms with Crippen molar-refractivity contribution >= 4 is 58.9 Å². The molecule has 2 amide bonds. The van der Waals surface area contributed by atoms with Crippen LogP contribution >= 0.6 is 0 Å². The number of alkyl halides is 3. The predicted octanol–water partition coefficient (Wildman–Crippen LogP) is 1.40. The van der Waals surface area contributed by atoms with Gasteiger partial charge in [0.05, 0.1) is 11.1 Å². The minimum atomic E-state index is -4.99. The van der Waals surface area contributed by atoms with Gasteiger partial charge in [0.15, 0.2) is 5.75 Å². The Morgan fingerprint density at radius 2 is 1.50 bits per heavy atom. The number of likely N-dealkylation sites (tertiary alicyclic amines) is 1. The number of carbonyl (C=O) groups is 2. The lowest BCUT2D eigenvalue weighted by atomic mass is 9.52. The van der Waals surface area contributed by atoms with E-state index in [1.165, 1.54) is 35.4 Å². The van der Waals surface area contributed by atoms with Crippen molar-refractivity contribution in [3.63, 3.8) is 0 Å². The van der Waals surface area contributed by atoms with Crippen LogP contribution in [0.3, 0.4) is 0 Å². The van der Waals surface area contributed by atoms with E-state index in [0.29, 0.717) is 0 Å². The molecule has 12 radical (unpaired) electrons. The Morgan fingerprint density at radius 3 is 2.14 bits per heavy atom. The lowest BCUT2D eigenvalue weighted by molar-refractivity contribution is -0.274. The second kappa shape index (κ2) is 13.0. The highest BCUT2D eigenvalue weighted by atomic mass is 19.4. The molecule has 0 aliphatic carbocycles. The van der Waals surface area contributed by atoms with Gasteiger partial charge < -0.3 is 24.4 Å². The van der Waals surface area contributed by atoms with Crippen LogP contribution in [0.25, 0.3) is 0 Å². The maximum absolute atomic E-state index is 13.6. The summed E-state index contributed by atoms with van der Waals surface area (Å²) in [6, 6.07) is 14.7. The second-order valence-corrected chi connectivity index (χ2v) is 10.1. The highest BCUT2D eigenvalue weighted by molar-refractivity contribution is 6.59. The molecule has 1 aromatic heterocycles. The zero-order valence-electron chi connectivity index (χ0n) is 23.2. The summed E-state index contributed by atoms with van der Waals surface area (Å²) in [5, 5.41) is -1.53. The summed E-state index contributed by atoms with van der Waals surface area (Å²) in [4.78, 5) is 32.3. The van der Waals surface area contributed by atoms with Gasteiger partial charge in [0.1, 0.15) is 52.8 Å². The third-order valence-electron chi connectivity index (χ3n) is 6.43. The number of rotatable bonds is 9. The van der Waals surface area contributed by atoms with Crippen molar-refractivity contribution in [3.8, 4) is 17.4 Å². The molecule has 4 rings (SSSR count). The molecule has 2 atom stereocenters. The normalized spacial score (nSPS) is 17.4. The Hall–Kier alpha value is -3.89. The Balaban J connectivity index is 1.59. The third kappa shape index (κ3) is 9.06. The van der Waals surface area contributed by atoms with Gasteiger partial charge >= 0.3 is 6.36 Å². The topological polar surface area (TPSA) is 90.0 Å². The zero-order chi connectivity index (χ0) is 32.3. The van der Waals surface area contributed by atoms with E-state index in [-0.39, 0.29) is 42.3 Å². The minimum Gasteiger partial charge on any atom is -0.511 e. The van der Waals surface area contributed by atoms with Crippen LogP contribution in [-0.2, 0) is 0 Å². The van der Waals surface area contributed by atoms with E-state index in [1.54, 1.807) is 18.2 Å². The molecule has 1 aliphatic rings. The first-order valence-corrected chi connectivity index (χ1v) is 13.1. The van der Waals surface area contributed by atoms with Crippen LogP contribution in [0, 0.1) is 0 Å². The SMILES string of the molecule is [B]C([B])([B])Oc1cc(C(=O)N2CC[C@@H](NC(=O)c3ccccc3OC(F)(F)F)[C@@H](c3ccccc3)C2)cnc1OC([B])([B])[B]. The van der Waals surface area contributed by atoms with Gasteiger partial charge in [-0.05, 0) is 40.8 Å². The number of piperidine rings is 1. The van der Waals surface area contributed by atoms with Crippen molar-refractivity contribution in [1.82, 2.24) is 15.2 Å². The Kier molecular flexibility index (Phi) is 9.75. The second-order valence-electron chi connectivity index (χ2n) is 10.1. The van der Waals surface area contributed by atoms with E-state index >= 15 is 0 Å². The van der Waals surface area contributed by atoms with Crippen LogP contribution in [0.5, 0.6) is 17.4 Å². The van der Waals surface area contributed by atoms with Crippen LogP contribution in [-0.4, -0.2) is 105 Å². The first-order valence-electron chi connectivity index (χ1n) is 13.1. The number of hydrogen-bond acceptors (Lipinski definition) is 6. The highest BCUT2D eigenvalue weighted by Crippen LogP contribution is 2.33. The lowest BCUT2D eigenvalue weighted by Gasteiger charge is -2.39. The van der Waals surface area contributed by atoms with Gasteiger partial charge in [0.2, 0.25) is 0 Å². The molecule has 3 aromatic rings. The largest absolute Gasteiger partial charge is 0.573 e. The first-order chi connectivity index (χ1) is 20.5. The number of ether oxygens (including phenoxy) is 3. The number of hydrogen-bond donors (Lipinski definition) is 1. The molecular weight excluding hydrogens is 568 g/mol. The van der Waals surface area contributed by atoms with E-state index in [1.807, 2.05) is 12.1 Å². The number of nitrogens with zero attached hydrogens (tertiary/aromatic N) is 2. The molecule has 0 spiro atoms. The molecule has 44 heavy (non-hydrogen) atoms. The summed E-state index contributed by atoms with van der Waals surface area (Å²) in [6.07, 6.45) is -3.56. The molecule has 1 fully saturated rings. The van der Waals surface area contributed by atoms with Gasteiger partial charge in [-0.3, -0.25) is 9.59 Å². The van der Waals surface area contributed by atoms with Gasteiger partial charge in [0.25, 0.3) is 17.7 Å². The quantitative estimate of drug-likeness (QED) is 0.381. The van der Waals surface area contributed by atoms with Crippen LogP contribution in [0.15, 0.2) is 66.9 Å². The van der Waals surface area contributed by atoms with Gasteiger partial charge in [-0.1, -0.05) is 42.5 Å². The van der Waals surface area contributed by atoms with Crippen molar-refractivity contribution in [2.45, 2.75) is 35.3 Å². The number of benzene rings is 2. The molecule has 1 aliphatic heterocycles. The minimum absolute atomic E-state index is 0.0285. The summed E-state index contributed by atoms with van der Waals surface area (Å²) in [5.41, 5.74) is 0.523. The monoisotopic (exact) mass is 589 g/mol. The standard InChI is InChI=1S/C27H20B6F3N3O5/c28-25(29,30)42-21-12-16(13-37-23(21)44-26(31,32)33)24(41)39-11-10-19(18(14-39)15-6-2-1-3-7-15)38-22(40)17-8-4-5-9-20(17)43-27(34,35)36/h1-9,12-13,18-19H,10-11,14H2,(H,38,40)/t18-,19-/m1/s1. The van der Waals surface area contributed by atoms with E-state index in [2.05, 4.69) is 15.0 Å². The predicted molar refractivity (Wildman–Crippen MR) is 160 cm³/mol. The molecule has 8 nitrogen and oxygen atoms in total. The average molecular weight is 588 g/mol. The number of carbonyl (C=O) groups excluding carboxylic acids is 2. The molecule has 0 unspecified atom stereocenters. The van der Waals surface area contributed by atoms with Crippen molar-refractivity contribution in [2.24, 2.45) is 0 Å². The number of para-hydroxylation sites is 1. The summed E-state index contributed by atoms with van der Waals surface area (Å²) in [5.74, 6) is -2.93. The van der Waals surface area contributed by atoms with Crippen LogP contribution in [0.1, 0.15) is 38.6 Å². The molecule has 1 saturated heterocycles. The van der Waals surface area contributed by atoms with E-state index in [0.717, 1.165) is 11.6 Å².